The molecule has 1 heterocycles. The summed E-state index contributed by atoms with van der Waals surface area (Å²) in [5.74, 6) is 0.546. The third-order valence-electron chi connectivity index (χ3n) is 3.85. The maximum absolute atomic E-state index is 9.18. The van der Waals surface area contributed by atoms with Gasteiger partial charge in [-0.3, -0.25) is 0 Å². The standard InChI is InChI=1S/C15H23NOS/c1-10(2)12-6-5-7-14-15(12)16(4)11(3)13(18-14)8-9-17/h5-7,10-11,13,17H,8-9H2,1-4H3. The number of thioether (sulfide) groups is 1. The van der Waals surface area contributed by atoms with Crippen molar-refractivity contribution in [1.82, 2.24) is 0 Å². The maximum Gasteiger partial charge on any atom is 0.0539 e. The molecule has 2 unspecified atom stereocenters. The Bertz CT molecular complexity index is 419. The van der Waals surface area contributed by atoms with Gasteiger partial charge in [0.15, 0.2) is 0 Å². The van der Waals surface area contributed by atoms with Crippen LogP contribution in [0.2, 0.25) is 0 Å². The number of para-hydroxylation sites is 1. The highest BCUT2D eigenvalue weighted by Crippen LogP contribution is 2.45. The Kier molecular flexibility index (Phi) is 4.23. The lowest BCUT2D eigenvalue weighted by molar-refractivity contribution is 0.282. The molecule has 0 saturated carbocycles. The van der Waals surface area contributed by atoms with E-state index in [4.69, 9.17) is 0 Å². The Hall–Kier alpha value is -0.670. The van der Waals surface area contributed by atoms with Gasteiger partial charge in [-0.2, -0.15) is 0 Å². The molecule has 0 bridgehead atoms. The molecule has 2 atom stereocenters. The number of aliphatic hydroxyl groups is 1. The molecule has 0 radical (unpaired) electrons. The second-order valence-corrected chi connectivity index (χ2v) is 6.65. The molecule has 2 rings (SSSR count). The van der Waals surface area contributed by atoms with Gasteiger partial charge < -0.3 is 10.0 Å². The van der Waals surface area contributed by atoms with Crippen LogP contribution in [0, 0.1) is 0 Å². The van der Waals surface area contributed by atoms with Crippen LogP contribution >= 0.6 is 11.8 Å². The van der Waals surface area contributed by atoms with E-state index in [1.165, 1.54) is 16.1 Å². The Morgan fingerprint density at radius 3 is 2.72 bits per heavy atom. The highest BCUT2D eigenvalue weighted by molar-refractivity contribution is 8.00. The van der Waals surface area contributed by atoms with Crippen LogP contribution in [0.15, 0.2) is 23.1 Å². The summed E-state index contributed by atoms with van der Waals surface area (Å²) in [6.07, 6.45) is 0.863. The van der Waals surface area contributed by atoms with Crippen molar-refractivity contribution in [2.24, 2.45) is 0 Å². The Morgan fingerprint density at radius 1 is 1.39 bits per heavy atom. The summed E-state index contributed by atoms with van der Waals surface area (Å²) in [5, 5.41) is 9.66. The van der Waals surface area contributed by atoms with Crippen molar-refractivity contribution in [3.63, 3.8) is 0 Å². The normalized spacial score (nSPS) is 23.3. The van der Waals surface area contributed by atoms with Gasteiger partial charge in [-0.1, -0.05) is 26.0 Å². The summed E-state index contributed by atoms with van der Waals surface area (Å²) in [6, 6.07) is 7.06. The molecule has 2 nitrogen and oxygen atoms in total. The minimum Gasteiger partial charge on any atom is -0.396 e. The predicted molar refractivity (Wildman–Crippen MR) is 79.7 cm³/mol. The fraction of sp³-hybridized carbons (Fsp3) is 0.600. The van der Waals surface area contributed by atoms with Gasteiger partial charge in [0.2, 0.25) is 0 Å². The van der Waals surface area contributed by atoms with Crippen LogP contribution in [-0.4, -0.2) is 30.1 Å². The summed E-state index contributed by atoms with van der Waals surface area (Å²) in [6.45, 7) is 7.03. The number of benzene rings is 1. The van der Waals surface area contributed by atoms with Gasteiger partial charge in [0.25, 0.3) is 0 Å². The molecule has 0 spiro atoms. The monoisotopic (exact) mass is 265 g/mol. The molecule has 1 aliphatic rings. The van der Waals surface area contributed by atoms with Gasteiger partial charge in [-0.15, -0.1) is 11.8 Å². The predicted octanol–water partition coefficient (Wildman–Crippen LogP) is 3.49. The minimum absolute atomic E-state index is 0.273. The zero-order chi connectivity index (χ0) is 13.3. The molecule has 0 saturated heterocycles. The topological polar surface area (TPSA) is 23.5 Å². The van der Waals surface area contributed by atoms with E-state index in [9.17, 15) is 5.11 Å². The largest absolute Gasteiger partial charge is 0.396 e. The second-order valence-electron chi connectivity index (χ2n) is 5.37. The number of hydrogen-bond acceptors (Lipinski definition) is 3. The van der Waals surface area contributed by atoms with E-state index >= 15 is 0 Å². The van der Waals surface area contributed by atoms with Gasteiger partial charge >= 0.3 is 0 Å². The van der Waals surface area contributed by atoms with Crippen LogP contribution in [0.5, 0.6) is 0 Å². The molecule has 3 heteroatoms. The molecule has 0 fully saturated rings. The molecule has 1 N–H and O–H groups in total. The van der Waals surface area contributed by atoms with Crippen LogP contribution in [-0.2, 0) is 0 Å². The lowest BCUT2D eigenvalue weighted by Gasteiger charge is -2.41. The van der Waals surface area contributed by atoms with Crippen LogP contribution in [0.3, 0.4) is 0 Å². The number of anilines is 1. The number of nitrogens with zero attached hydrogens (tertiary/aromatic N) is 1. The van der Waals surface area contributed by atoms with Crippen molar-refractivity contribution in [3.05, 3.63) is 23.8 Å². The minimum atomic E-state index is 0.273. The van der Waals surface area contributed by atoms with Crippen molar-refractivity contribution >= 4 is 17.4 Å². The van der Waals surface area contributed by atoms with Crippen molar-refractivity contribution in [3.8, 4) is 0 Å². The molecule has 0 aliphatic carbocycles. The van der Waals surface area contributed by atoms with Gasteiger partial charge in [0.1, 0.15) is 0 Å². The van der Waals surface area contributed by atoms with E-state index in [1.807, 2.05) is 11.8 Å². The molecular formula is C15H23NOS. The quantitative estimate of drug-likeness (QED) is 0.905. The number of rotatable bonds is 3. The van der Waals surface area contributed by atoms with Crippen molar-refractivity contribution < 1.29 is 5.11 Å². The molecule has 18 heavy (non-hydrogen) atoms. The van der Waals surface area contributed by atoms with E-state index in [0.717, 1.165) is 6.42 Å². The molecule has 1 aromatic rings. The van der Waals surface area contributed by atoms with Gasteiger partial charge in [0, 0.05) is 29.8 Å². The van der Waals surface area contributed by atoms with Gasteiger partial charge in [0.05, 0.1) is 5.69 Å². The average Bonchev–Trinajstić information content (AvgIpc) is 2.35. The fourth-order valence-electron chi connectivity index (χ4n) is 2.62. The molecule has 0 amide bonds. The molecule has 0 aromatic heterocycles. The highest BCUT2D eigenvalue weighted by Gasteiger charge is 2.31. The first kappa shape index (κ1) is 13.8. The first-order valence-electron chi connectivity index (χ1n) is 6.69. The second kappa shape index (κ2) is 5.54. The van der Waals surface area contributed by atoms with E-state index in [0.29, 0.717) is 17.2 Å². The van der Waals surface area contributed by atoms with E-state index in [-0.39, 0.29) is 6.61 Å². The van der Waals surface area contributed by atoms with Crippen LogP contribution in [0.4, 0.5) is 5.69 Å². The average molecular weight is 265 g/mol. The Balaban J connectivity index is 2.41. The van der Waals surface area contributed by atoms with Gasteiger partial charge in [-0.05, 0) is 30.9 Å². The highest BCUT2D eigenvalue weighted by atomic mass is 32.2. The lowest BCUT2D eigenvalue weighted by atomic mass is 9.99. The first-order chi connectivity index (χ1) is 8.56. The van der Waals surface area contributed by atoms with E-state index in [1.54, 1.807) is 0 Å². The van der Waals surface area contributed by atoms with Crippen molar-refractivity contribution in [1.29, 1.82) is 0 Å². The SMILES string of the molecule is CC(C)c1cccc2c1N(C)C(C)C(CCO)S2. The number of hydrogen-bond donors (Lipinski definition) is 1. The Labute approximate surface area is 114 Å². The van der Waals surface area contributed by atoms with Crippen molar-refractivity contribution in [2.45, 2.75) is 49.3 Å². The molecule has 100 valence electrons. The Morgan fingerprint density at radius 2 is 2.11 bits per heavy atom. The third-order valence-corrected chi connectivity index (χ3v) is 5.36. The van der Waals surface area contributed by atoms with Crippen LogP contribution in [0.25, 0.3) is 0 Å². The zero-order valence-corrected chi connectivity index (χ0v) is 12.5. The first-order valence-corrected chi connectivity index (χ1v) is 7.57. The summed E-state index contributed by atoms with van der Waals surface area (Å²) in [4.78, 5) is 3.75. The number of fused-ring (bicyclic) bond motifs is 1. The number of aliphatic hydroxyl groups excluding tert-OH is 1. The summed E-state index contributed by atoms with van der Waals surface area (Å²) in [5.41, 5.74) is 2.82. The van der Waals surface area contributed by atoms with Crippen molar-refractivity contribution in [2.75, 3.05) is 18.6 Å². The molecule has 1 aromatic carbocycles. The molecule has 1 aliphatic heterocycles. The van der Waals surface area contributed by atoms with Gasteiger partial charge in [-0.25, -0.2) is 0 Å². The molecular weight excluding hydrogens is 242 g/mol. The summed E-state index contributed by atoms with van der Waals surface area (Å²) >= 11 is 1.92. The van der Waals surface area contributed by atoms with E-state index < -0.39 is 0 Å². The maximum atomic E-state index is 9.18. The third kappa shape index (κ3) is 2.39. The zero-order valence-electron chi connectivity index (χ0n) is 11.7. The van der Waals surface area contributed by atoms with E-state index in [2.05, 4.69) is 50.9 Å². The summed E-state index contributed by atoms with van der Waals surface area (Å²) < 4.78 is 0. The summed E-state index contributed by atoms with van der Waals surface area (Å²) in [7, 11) is 2.18. The fourth-order valence-corrected chi connectivity index (χ4v) is 4.08. The smallest absolute Gasteiger partial charge is 0.0539 e. The lowest BCUT2D eigenvalue weighted by Crippen LogP contribution is -2.41. The van der Waals surface area contributed by atoms with Crippen LogP contribution < -0.4 is 4.90 Å². The van der Waals surface area contributed by atoms with Crippen LogP contribution in [0.1, 0.15) is 38.7 Å².